The molecule has 0 radical (unpaired) electrons. The van der Waals surface area contributed by atoms with Crippen LogP contribution in [0.1, 0.15) is 20.3 Å². The number of urea groups is 1. The molecule has 0 spiro atoms. The van der Waals surface area contributed by atoms with Crippen molar-refractivity contribution in [1.29, 1.82) is 0 Å². The predicted molar refractivity (Wildman–Crippen MR) is 86.3 cm³/mol. The Morgan fingerprint density at radius 1 is 1.43 bits per heavy atom. The monoisotopic (exact) mass is 330 g/mol. The van der Waals surface area contributed by atoms with Crippen LogP contribution in [0.5, 0.6) is 0 Å². The third kappa shape index (κ3) is 5.85. The first-order valence-corrected chi connectivity index (χ1v) is 7.76. The normalized spacial score (nSPS) is 10.5. The minimum absolute atomic E-state index is 0.0902. The molecule has 0 fully saturated rings. The van der Waals surface area contributed by atoms with Crippen LogP contribution in [0.3, 0.4) is 0 Å². The zero-order valence-electron chi connectivity index (χ0n) is 12.2. The fraction of sp³-hybridized carbons (Fsp3) is 0.429. The first kappa shape index (κ1) is 17.7. The number of carboxylic acid groups (broad SMARTS) is 1. The summed E-state index contributed by atoms with van der Waals surface area (Å²) in [6.07, 6.45) is -0.0902. The van der Waals surface area contributed by atoms with Gasteiger partial charge in [-0.15, -0.1) is 11.8 Å². The van der Waals surface area contributed by atoms with Crippen molar-refractivity contribution in [3.05, 3.63) is 23.2 Å². The molecule has 0 atom stereocenters. The summed E-state index contributed by atoms with van der Waals surface area (Å²) < 4.78 is 0. The van der Waals surface area contributed by atoms with E-state index in [4.69, 9.17) is 16.7 Å². The number of thioether (sulfide) groups is 1. The van der Waals surface area contributed by atoms with Crippen molar-refractivity contribution >= 4 is 41.1 Å². The molecule has 0 aliphatic rings. The highest BCUT2D eigenvalue weighted by atomic mass is 35.5. The number of hydrogen-bond donors (Lipinski definition) is 2. The van der Waals surface area contributed by atoms with Crippen LogP contribution in [0, 0.1) is 0 Å². The van der Waals surface area contributed by atoms with Crippen molar-refractivity contribution in [2.24, 2.45) is 0 Å². The lowest BCUT2D eigenvalue weighted by atomic mass is 10.3. The number of amides is 2. The third-order valence-corrected chi connectivity index (χ3v) is 4.14. The fourth-order valence-corrected chi connectivity index (χ4v) is 2.74. The maximum atomic E-state index is 12.0. The van der Waals surface area contributed by atoms with Gasteiger partial charge in [-0.3, -0.25) is 4.79 Å². The highest BCUT2D eigenvalue weighted by Crippen LogP contribution is 2.36. The quantitative estimate of drug-likeness (QED) is 0.779. The first-order chi connectivity index (χ1) is 9.81. The molecule has 2 amide bonds. The Balaban J connectivity index is 2.80. The SMILES string of the molecule is CC(C)Sc1c(Cl)cccc1NC(=O)N(C)CCC(=O)O. The van der Waals surface area contributed by atoms with Crippen LogP contribution in [0.2, 0.25) is 5.02 Å². The average molecular weight is 331 g/mol. The van der Waals surface area contributed by atoms with E-state index < -0.39 is 5.97 Å². The number of carboxylic acids is 1. The lowest BCUT2D eigenvalue weighted by molar-refractivity contribution is -0.137. The number of benzene rings is 1. The van der Waals surface area contributed by atoms with E-state index in [1.165, 1.54) is 4.90 Å². The van der Waals surface area contributed by atoms with Gasteiger partial charge < -0.3 is 15.3 Å². The second kappa shape index (κ2) is 8.14. The smallest absolute Gasteiger partial charge is 0.321 e. The number of rotatable bonds is 6. The molecule has 116 valence electrons. The van der Waals surface area contributed by atoms with Crippen molar-refractivity contribution in [3.8, 4) is 0 Å². The van der Waals surface area contributed by atoms with E-state index in [1.54, 1.807) is 37.0 Å². The van der Waals surface area contributed by atoms with Crippen LogP contribution >= 0.6 is 23.4 Å². The van der Waals surface area contributed by atoms with Gasteiger partial charge in [-0.1, -0.05) is 31.5 Å². The standard InChI is InChI=1S/C14H19ClN2O3S/c1-9(2)21-13-10(15)5-4-6-11(13)16-14(20)17(3)8-7-12(18)19/h4-6,9H,7-8H2,1-3H3,(H,16,20)(H,18,19). The second-order valence-corrected chi connectivity index (χ2v) is 6.77. The molecule has 0 bridgehead atoms. The molecule has 0 unspecified atom stereocenters. The van der Waals surface area contributed by atoms with Crippen molar-refractivity contribution in [2.75, 3.05) is 18.9 Å². The summed E-state index contributed by atoms with van der Waals surface area (Å²) in [7, 11) is 1.55. The van der Waals surface area contributed by atoms with E-state index >= 15 is 0 Å². The van der Waals surface area contributed by atoms with Gasteiger partial charge in [-0.2, -0.15) is 0 Å². The molecular weight excluding hydrogens is 312 g/mol. The Hall–Kier alpha value is -1.40. The molecular formula is C14H19ClN2O3S. The van der Waals surface area contributed by atoms with Crippen LogP contribution in [0.15, 0.2) is 23.1 Å². The molecule has 0 heterocycles. The molecule has 0 aliphatic carbocycles. The molecule has 7 heteroatoms. The third-order valence-electron chi connectivity index (χ3n) is 2.57. The molecule has 0 saturated heterocycles. The summed E-state index contributed by atoms with van der Waals surface area (Å²) >= 11 is 7.74. The van der Waals surface area contributed by atoms with E-state index in [1.807, 2.05) is 13.8 Å². The number of hydrogen-bond acceptors (Lipinski definition) is 3. The van der Waals surface area contributed by atoms with Crippen molar-refractivity contribution in [1.82, 2.24) is 4.90 Å². The zero-order chi connectivity index (χ0) is 16.0. The topological polar surface area (TPSA) is 69.6 Å². The first-order valence-electron chi connectivity index (χ1n) is 6.50. The predicted octanol–water partition coefficient (Wildman–Crippen LogP) is 3.78. The van der Waals surface area contributed by atoms with E-state index in [0.717, 1.165) is 4.90 Å². The Bertz CT molecular complexity index is 523. The molecule has 1 rings (SSSR count). The van der Waals surface area contributed by atoms with Crippen LogP contribution in [0.4, 0.5) is 10.5 Å². The number of nitrogens with zero attached hydrogens (tertiary/aromatic N) is 1. The van der Waals surface area contributed by atoms with Crippen LogP contribution < -0.4 is 5.32 Å². The van der Waals surface area contributed by atoms with Gasteiger partial charge in [0.1, 0.15) is 0 Å². The number of aliphatic carboxylic acids is 1. The number of halogens is 1. The summed E-state index contributed by atoms with van der Waals surface area (Å²) in [6.45, 7) is 4.23. The molecule has 1 aromatic rings. The van der Waals surface area contributed by atoms with E-state index in [-0.39, 0.29) is 19.0 Å². The van der Waals surface area contributed by atoms with Crippen LogP contribution in [-0.2, 0) is 4.79 Å². The van der Waals surface area contributed by atoms with Gasteiger partial charge in [0.25, 0.3) is 0 Å². The molecule has 21 heavy (non-hydrogen) atoms. The summed E-state index contributed by atoms with van der Waals surface area (Å²) in [5, 5.41) is 12.3. The van der Waals surface area contributed by atoms with Gasteiger partial charge in [0.05, 0.1) is 17.1 Å². The minimum Gasteiger partial charge on any atom is -0.481 e. The second-order valence-electron chi connectivity index (χ2n) is 4.78. The Morgan fingerprint density at radius 3 is 2.67 bits per heavy atom. The summed E-state index contributed by atoms with van der Waals surface area (Å²) in [5.74, 6) is -0.937. The van der Waals surface area contributed by atoms with E-state index in [9.17, 15) is 9.59 Å². The molecule has 0 aliphatic heterocycles. The number of nitrogens with one attached hydrogen (secondary N) is 1. The summed E-state index contributed by atoms with van der Waals surface area (Å²) in [5.41, 5.74) is 0.633. The number of anilines is 1. The Labute approximate surface area is 133 Å². The molecule has 0 saturated carbocycles. The van der Waals surface area contributed by atoms with Crippen LogP contribution in [-0.4, -0.2) is 40.8 Å². The van der Waals surface area contributed by atoms with E-state index in [0.29, 0.717) is 16.0 Å². The lowest BCUT2D eigenvalue weighted by Crippen LogP contribution is -2.33. The van der Waals surface area contributed by atoms with Crippen LogP contribution in [0.25, 0.3) is 0 Å². The van der Waals surface area contributed by atoms with Crippen molar-refractivity contribution in [3.63, 3.8) is 0 Å². The molecule has 5 nitrogen and oxygen atoms in total. The summed E-state index contributed by atoms with van der Waals surface area (Å²) in [6, 6.07) is 4.96. The van der Waals surface area contributed by atoms with Gasteiger partial charge in [0.15, 0.2) is 0 Å². The van der Waals surface area contributed by atoms with Gasteiger partial charge in [-0.05, 0) is 12.1 Å². The highest BCUT2D eigenvalue weighted by molar-refractivity contribution is 8.00. The van der Waals surface area contributed by atoms with Crippen molar-refractivity contribution in [2.45, 2.75) is 30.4 Å². The number of carbonyl (C=O) groups excluding carboxylic acids is 1. The van der Waals surface area contributed by atoms with Crippen molar-refractivity contribution < 1.29 is 14.7 Å². The lowest BCUT2D eigenvalue weighted by Gasteiger charge is -2.19. The van der Waals surface area contributed by atoms with Gasteiger partial charge in [0, 0.05) is 23.7 Å². The molecule has 1 aromatic carbocycles. The van der Waals surface area contributed by atoms with E-state index in [2.05, 4.69) is 5.32 Å². The van der Waals surface area contributed by atoms with Gasteiger partial charge in [-0.25, -0.2) is 4.79 Å². The fourth-order valence-electron chi connectivity index (χ4n) is 1.54. The molecule has 2 N–H and O–H groups in total. The average Bonchev–Trinajstić information content (AvgIpc) is 2.39. The van der Waals surface area contributed by atoms with Gasteiger partial charge >= 0.3 is 12.0 Å². The Morgan fingerprint density at radius 2 is 2.10 bits per heavy atom. The number of carbonyl (C=O) groups is 2. The maximum Gasteiger partial charge on any atom is 0.321 e. The highest BCUT2D eigenvalue weighted by Gasteiger charge is 2.15. The maximum absolute atomic E-state index is 12.0. The minimum atomic E-state index is -0.937. The Kier molecular flexibility index (Phi) is 6.84. The molecule has 0 aromatic heterocycles. The largest absolute Gasteiger partial charge is 0.481 e. The summed E-state index contributed by atoms with van der Waals surface area (Å²) in [4.78, 5) is 24.7. The van der Waals surface area contributed by atoms with Gasteiger partial charge in [0.2, 0.25) is 0 Å². The zero-order valence-corrected chi connectivity index (χ0v) is 13.8.